The van der Waals surface area contributed by atoms with Gasteiger partial charge in [-0.1, -0.05) is 98.8 Å². The van der Waals surface area contributed by atoms with Crippen LogP contribution in [0.5, 0.6) is 0 Å². The molecule has 0 amide bonds. The lowest BCUT2D eigenvalue weighted by Crippen LogP contribution is -2.14. The Hall–Kier alpha value is -3.88. The highest BCUT2D eigenvalue weighted by atomic mass is 32.1. The average Bonchev–Trinajstić information content (AvgIpc) is 3.39. The molecule has 0 bridgehead atoms. The Bertz CT molecular complexity index is 1740. The van der Waals surface area contributed by atoms with Crippen LogP contribution in [0.1, 0.15) is 25.0 Å². The molecule has 6 aromatic rings. The standard InChI is InChI=1S/C33H25NS/c1-33(2)26-16-8-6-13-24(26)30-22(15-10-17-27(30)33)23-19-20-28(34-21-11-4-3-5-12-21)31-25-14-7-9-18-29(25)35-32(23)31/h3-20,34H,1-2H3. The van der Waals surface area contributed by atoms with Crippen molar-refractivity contribution in [2.24, 2.45) is 0 Å². The summed E-state index contributed by atoms with van der Waals surface area (Å²) in [5.41, 5.74) is 10.5. The van der Waals surface area contributed by atoms with E-state index in [9.17, 15) is 0 Å². The van der Waals surface area contributed by atoms with E-state index >= 15 is 0 Å². The molecule has 1 N–H and O–H groups in total. The summed E-state index contributed by atoms with van der Waals surface area (Å²) in [6.07, 6.45) is 0. The summed E-state index contributed by atoms with van der Waals surface area (Å²) in [6, 6.07) is 39.6. The molecule has 0 fully saturated rings. The molecule has 5 aromatic carbocycles. The number of para-hydroxylation sites is 1. The van der Waals surface area contributed by atoms with E-state index in [0.717, 1.165) is 11.4 Å². The lowest BCUT2D eigenvalue weighted by molar-refractivity contribution is 0.660. The zero-order valence-electron chi connectivity index (χ0n) is 19.8. The van der Waals surface area contributed by atoms with E-state index < -0.39 is 0 Å². The fourth-order valence-electron chi connectivity index (χ4n) is 5.80. The smallest absolute Gasteiger partial charge is 0.0479 e. The zero-order valence-corrected chi connectivity index (χ0v) is 20.6. The van der Waals surface area contributed by atoms with E-state index in [0.29, 0.717) is 0 Å². The minimum Gasteiger partial charge on any atom is -0.355 e. The number of benzene rings is 5. The molecule has 0 spiro atoms. The number of fused-ring (bicyclic) bond motifs is 6. The maximum absolute atomic E-state index is 3.69. The number of hydrogen-bond acceptors (Lipinski definition) is 2. The molecule has 0 aliphatic heterocycles. The molecule has 1 aromatic heterocycles. The number of nitrogens with one attached hydrogen (secondary N) is 1. The van der Waals surface area contributed by atoms with Crippen LogP contribution < -0.4 is 5.32 Å². The molecular formula is C33H25NS. The number of rotatable bonds is 3. The van der Waals surface area contributed by atoms with Crippen molar-refractivity contribution in [3.63, 3.8) is 0 Å². The minimum absolute atomic E-state index is 0.00395. The van der Waals surface area contributed by atoms with Crippen molar-refractivity contribution >= 4 is 42.9 Å². The maximum Gasteiger partial charge on any atom is 0.0479 e. The molecule has 1 aliphatic carbocycles. The highest BCUT2D eigenvalue weighted by molar-refractivity contribution is 7.26. The van der Waals surface area contributed by atoms with Gasteiger partial charge in [-0.25, -0.2) is 0 Å². The zero-order chi connectivity index (χ0) is 23.6. The summed E-state index contributed by atoms with van der Waals surface area (Å²) in [7, 11) is 0. The van der Waals surface area contributed by atoms with Gasteiger partial charge in [-0.15, -0.1) is 11.3 Å². The molecule has 7 rings (SSSR count). The second-order valence-corrected chi connectivity index (χ2v) is 10.9. The van der Waals surface area contributed by atoms with E-state index in [1.807, 2.05) is 11.3 Å². The number of anilines is 2. The second-order valence-electron chi connectivity index (χ2n) is 9.85. The highest BCUT2D eigenvalue weighted by Crippen LogP contribution is 2.54. The van der Waals surface area contributed by atoms with Gasteiger partial charge < -0.3 is 5.32 Å². The predicted molar refractivity (Wildman–Crippen MR) is 152 cm³/mol. The van der Waals surface area contributed by atoms with Gasteiger partial charge in [-0.05, 0) is 52.1 Å². The van der Waals surface area contributed by atoms with Gasteiger partial charge in [0.2, 0.25) is 0 Å². The summed E-state index contributed by atoms with van der Waals surface area (Å²) in [5.74, 6) is 0. The van der Waals surface area contributed by atoms with E-state index in [4.69, 9.17) is 0 Å². The van der Waals surface area contributed by atoms with Gasteiger partial charge in [-0.3, -0.25) is 0 Å². The van der Waals surface area contributed by atoms with Gasteiger partial charge >= 0.3 is 0 Å². The molecule has 0 atom stereocenters. The highest BCUT2D eigenvalue weighted by Gasteiger charge is 2.36. The molecule has 0 radical (unpaired) electrons. The van der Waals surface area contributed by atoms with E-state index in [-0.39, 0.29) is 5.41 Å². The van der Waals surface area contributed by atoms with Gasteiger partial charge in [0, 0.05) is 42.5 Å². The molecule has 1 aliphatic rings. The SMILES string of the molecule is CC1(C)c2ccccc2-c2c(-c3ccc(Nc4ccccc4)c4c3sc3ccccc34)cccc21. The van der Waals surface area contributed by atoms with E-state index in [1.165, 1.54) is 53.6 Å². The maximum atomic E-state index is 3.69. The normalized spacial score (nSPS) is 13.7. The number of thiophene rings is 1. The van der Waals surface area contributed by atoms with Crippen LogP contribution in [-0.2, 0) is 5.41 Å². The lowest BCUT2D eigenvalue weighted by atomic mass is 9.82. The fraction of sp³-hybridized carbons (Fsp3) is 0.0909. The molecule has 1 nitrogen and oxygen atoms in total. The minimum atomic E-state index is -0.00395. The van der Waals surface area contributed by atoms with Crippen LogP contribution >= 0.6 is 11.3 Å². The van der Waals surface area contributed by atoms with E-state index in [2.05, 4.69) is 128 Å². The Labute approximate surface area is 209 Å². The van der Waals surface area contributed by atoms with Crippen molar-refractivity contribution in [1.29, 1.82) is 0 Å². The first-order chi connectivity index (χ1) is 17.1. The van der Waals surface area contributed by atoms with Crippen LogP contribution in [0, 0.1) is 0 Å². The van der Waals surface area contributed by atoms with Crippen LogP contribution in [0.4, 0.5) is 11.4 Å². The largest absolute Gasteiger partial charge is 0.355 e. The lowest BCUT2D eigenvalue weighted by Gasteiger charge is -2.21. The molecule has 1 heterocycles. The Morgan fingerprint density at radius 1 is 0.600 bits per heavy atom. The summed E-state index contributed by atoms with van der Waals surface area (Å²) in [5, 5.41) is 6.30. The summed E-state index contributed by atoms with van der Waals surface area (Å²) in [6.45, 7) is 4.70. The molecule has 168 valence electrons. The van der Waals surface area contributed by atoms with Crippen molar-refractivity contribution in [3.05, 3.63) is 120 Å². The summed E-state index contributed by atoms with van der Waals surface area (Å²) < 4.78 is 2.65. The Balaban J connectivity index is 1.53. The number of hydrogen-bond donors (Lipinski definition) is 1. The molecule has 0 unspecified atom stereocenters. The molecular weight excluding hydrogens is 442 g/mol. The summed E-state index contributed by atoms with van der Waals surface area (Å²) in [4.78, 5) is 0. The van der Waals surface area contributed by atoms with Crippen LogP contribution in [-0.4, -0.2) is 0 Å². The van der Waals surface area contributed by atoms with Crippen LogP contribution in [0.2, 0.25) is 0 Å². The fourth-order valence-corrected chi connectivity index (χ4v) is 7.06. The molecule has 2 heteroatoms. The van der Waals surface area contributed by atoms with Crippen molar-refractivity contribution in [2.75, 3.05) is 5.32 Å². The van der Waals surface area contributed by atoms with Crippen LogP contribution in [0.15, 0.2) is 109 Å². The Morgan fingerprint density at radius 3 is 2.20 bits per heavy atom. The molecule has 0 saturated heterocycles. The van der Waals surface area contributed by atoms with Gasteiger partial charge in [0.1, 0.15) is 0 Å². The first-order valence-electron chi connectivity index (χ1n) is 12.1. The topological polar surface area (TPSA) is 12.0 Å². The van der Waals surface area contributed by atoms with Gasteiger partial charge in [0.25, 0.3) is 0 Å². The first-order valence-corrected chi connectivity index (χ1v) is 12.9. The van der Waals surface area contributed by atoms with E-state index in [1.54, 1.807) is 0 Å². The molecule has 0 saturated carbocycles. The monoisotopic (exact) mass is 467 g/mol. The molecule has 35 heavy (non-hydrogen) atoms. The van der Waals surface area contributed by atoms with Crippen molar-refractivity contribution in [1.82, 2.24) is 0 Å². The first kappa shape index (κ1) is 20.5. The second kappa shape index (κ2) is 7.56. The van der Waals surface area contributed by atoms with Crippen molar-refractivity contribution < 1.29 is 0 Å². The van der Waals surface area contributed by atoms with Gasteiger partial charge in [0.05, 0.1) is 0 Å². The van der Waals surface area contributed by atoms with Crippen molar-refractivity contribution in [3.8, 4) is 22.3 Å². The quantitative estimate of drug-likeness (QED) is 0.273. The Morgan fingerprint density at radius 2 is 1.31 bits per heavy atom. The average molecular weight is 468 g/mol. The van der Waals surface area contributed by atoms with Crippen LogP contribution in [0.25, 0.3) is 42.4 Å². The Kier molecular flexibility index (Phi) is 4.43. The summed E-state index contributed by atoms with van der Waals surface area (Å²) >= 11 is 1.89. The third-order valence-corrected chi connectivity index (χ3v) is 8.68. The third-order valence-electron chi connectivity index (χ3n) is 7.48. The van der Waals surface area contributed by atoms with Crippen molar-refractivity contribution in [2.45, 2.75) is 19.3 Å². The van der Waals surface area contributed by atoms with Gasteiger partial charge in [0.15, 0.2) is 0 Å². The van der Waals surface area contributed by atoms with Gasteiger partial charge in [-0.2, -0.15) is 0 Å². The predicted octanol–water partition coefficient (Wildman–Crippen LogP) is 9.77. The third kappa shape index (κ3) is 3.00. The van der Waals surface area contributed by atoms with Crippen LogP contribution in [0.3, 0.4) is 0 Å².